The summed E-state index contributed by atoms with van der Waals surface area (Å²) in [6.07, 6.45) is 3.71. The van der Waals surface area contributed by atoms with Crippen LogP contribution in [0, 0.1) is 0 Å². The van der Waals surface area contributed by atoms with Crippen molar-refractivity contribution in [3.63, 3.8) is 0 Å². The molecule has 0 bridgehead atoms. The predicted octanol–water partition coefficient (Wildman–Crippen LogP) is 2.26. The molecule has 17 heavy (non-hydrogen) atoms. The highest BCUT2D eigenvalue weighted by Gasteiger charge is 2.35. The van der Waals surface area contributed by atoms with E-state index in [1.165, 1.54) is 37.9 Å². The molecule has 1 aromatic rings. The molecule has 2 nitrogen and oxygen atoms in total. The van der Waals surface area contributed by atoms with Crippen molar-refractivity contribution in [2.45, 2.75) is 24.8 Å². The molecule has 1 aliphatic rings. The van der Waals surface area contributed by atoms with Crippen molar-refractivity contribution in [2.24, 2.45) is 0 Å². The maximum Gasteiger partial charge on any atom is 0.0268 e. The minimum absolute atomic E-state index is 0.355. The van der Waals surface area contributed by atoms with Crippen LogP contribution in [0.4, 0.5) is 0 Å². The molecule has 0 aliphatic carbocycles. The van der Waals surface area contributed by atoms with Crippen LogP contribution < -0.4 is 0 Å². The second-order valence-corrected chi connectivity index (χ2v) is 5.58. The Labute approximate surface area is 105 Å². The van der Waals surface area contributed by atoms with E-state index < -0.39 is 0 Å². The highest BCUT2D eigenvalue weighted by Crippen LogP contribution is 2.30. The number of piperidine rings is 1. The molecule has 0 amide bonds. The van der Waals surface area contributed by atoms with Crippen molar-refractivity contribution in [2.75, 3.05) is 34.2 Å². The van der Waals surface area contributed by atoms with Crippen LogP contribution in [0.3, 0.4) is 0 Å². The molecule has 0 radical (unpaired) electrons. The molecule has 0 saturated carbocycles. The zero-order valence-electron chi connectivity index (χ0n) is 11.3. The van der Waals surface area contributed by atoms with E-state index in [2.05, 4.69) is 61.3 Å². The SMILES string of the molecule is CN1CCC(Cc2ccccc2)(N(C)C)CC1. The number of hydrogen-bond acceptors (Lipinski definition) is 2. The molecule has 1 aromatic carbocycles. The van der Waals surface area contributed by atoms with Gasteiger partial charge in [0.15, 0.2) is 0 Å². The van der Waals surface area contributed by atoms with E-state index in [1.54, 1.807) is 0 Å². The van der Waals surface area contributed by atoms with E-state index in [0.29, 0.717) is 5.54 Å². The molecule has 2 heteroatoms. The number of nitrogens with zero attached hydrogens (tertiary/aromatic N) is 2. The first-order valence-electron chi connectivity index (χ1n) is 6.52. The summed E-state index contributed by atoms with van der Waals surface area (Å²) >= 11 is 0. The maximum absolute atomic E-state index is 2.44. The Morgan fingerprint density at radius 3 is 2.24 bits per heavy atom. The van der Waals surface area contributed by atoms with Gasteiger partial charge < -0.3 is 9.80 Å². The van der Waals surface area contributed by atoms with Crippen molar-refractivity contribution in [1.29, 1.82) is 0 Å². The van der Waals surface area contributed by atoms with Gasteiger partial charge in [0, 0.05) is 5.54 Å². The van der Waals surface area contributed by atoms with Crippen molar-refractivity contribution in [3.8, 4) is 0 Å². The number of likely N-dealkylation sites (tertiary alicyclic amines) is 1. The summed E-state index contributed by atoms with van der Waals surface area (Å²) < 4.78 is 0. The fourth-order valence-corrected chi connectivity index (χ4v) is 2.79. The smallest absolute Gasteiger partial charge is 0.0268 e. The van der Waals surface area contributed by atoms with Gasteiger partial charge in [-0.15, -0.1) is 0 Å². The summed E-state index contributed by atoms with van der Waals surface area (Å²) in [6.45, 7) is 2.43. The lowest BCUT2D eigenvalue weighted by atomic mass is 9.81. The van der Waals surface area contributed by atoms with Gasteiger partial charge in [-0.3, -0.25) is 0 Å². The van der Waals surface area contributed by atoms with Gasteiger partial charge in [-0.1, -0.05) is 30.3 Å². The molecule has 0 N–H and O–H groups in total. The first kappa shape index (κ1) is 12.6. The lowest BCUT2D eigenvalue weighted by molar-refractivity contribution is 0.0666. The van der Waals surface area contributed by atoms with Crippen LogP contribution in [0.25, 0.3) is 0 Å². The largest absolute Gasteiger partial charge is 0.306 e. The second kappa shape index (κ2) is 5.19. The van der Waals surface area contributed by atoms with Crippen LogP contribution in [-0.4, -0.2) is 49.6 Å². The molecule has 0 atom stereocenters. The van der Waals surface area contributed by atoms with Crippen molar-refractivity contribution >= 4 is 0 Å². The minimum Gasteiger partial charge on any atom is -0.306 e. The number of hydrogen-bond donors (Lipinski definition) is 0. The molecule has 1 fully saturated rings. The quantitative estimate of drug-likeness (QED) is 0.789. The molecule has 1 saturated heterocycles. The molecule has 94 valence electrons. The highest BCUT2D eigenvalue weighted by atomic mass is 15.2. The summed E-state index contributed by atoms with van der Waals surface area (Å²) in [5, 5.41) is 0. The van der Waals surface area contributed by atoms with Crippen molar-refractivity contribution in [1.82, 2.24) is 9.80 Å². The van der Waals surface area contributed by atoms with Crippen LogP contribution in [-0.2, 0) is 6.42 Å². The van der Waals surface area contributed by atoms with Gasteiger partial charge >= 0.3 is 0 Å². The van der Waals surface area contributed by atoms with Gasteiger partial charge in [0.1, 0.15) is 0 Å². The van der Waals surface area contributed by atoms with Crippen LogP contribution in [0.2, 0.25) is 0 Å². The van der Waals surface area contributed by atoms with Gasteiger partial charge in [0.05, 0.1) is 0 Å². The Bertz CT molecular complexity index is 337. The standard InChI is InChI=1S/C15H24N2/c1-16(2)15(9-11-17(3)12-10-15)13-14-7-5-4-6-8-14/h4-8H,9-13H2,1-3H3. The summed E-state index contributed by atoms with van der Waals surface area (Å²) in [6, 6.07) is 10.9. The fraction of sp³-hybridized carbons (Fsp3) is 0.600. The molecule has 0 spiro atoms. The Morgan fingerprint density at radius 1 is 1.12 bits per heavy atom. The normalized spacial score (nSPS) is 20.7. The van der Waals surface area contributed by atoms with E-state index in [-0.39, 0.29) is 0 Å². The van der Waals surface area contributed by atoms with Gasteiger partial charge in [-0.25, -0.2) is 0 Å². The first-order valence-corrected chi connectivity index (χ1v) is 6.52. The molecule has 1 aliphatic heterocycles. The summed E-state index contributed by atoms with van der Waals surface area (Å²) in [7, 11) is 6.69. The van der Waals surface area contributed by atoms with Crippen molar-refractivity contribution in [3.05, 3.63) is 35.9 Å². The molecule has 0 unspecified atom stereocenters. The summed E-state index contributed by atoms with van der Waals surface area (Å²) in [5.74, 6) is 0. The van der Waals surface area contributed by atoms with Gasteiger partial charge in [-0.05, 0) is 59.1 Å². The van der Waals surface area contributed by atoms with E-state index in [0.717, 1.165) is 0 Å². The molecular weight excluding hydrogens is 208 g/mol. The third-order valence-corrected chi connectivity index (χ3v) is 4.24. The summed E-state index contributed by atoms with van der Waals surface area (Å²) in [4.78, 5) is 4.87. The predicted molar refractivity (Wildman–Crippen MR) is 73.3 cm³/mol. The second-order valence-electron chi connectivity index (χ2n) is 5.58. The first-order chi connectivity index (χ1) is 8.12. The Morgan fingerprint density at radius 2 is 1.71 bits per heavy atom. The highest BCUT2D eigenvalue weighted by molar-refractivity contribution is 5.18. The average molecular weight is 232 g/mol. The van der Waals surface area contributed by atoms with Gasteiger partial charge in [0.2, 0.25) is 0 Å². The van der Waals surface area contributed by atoms with Crippen LogP contribution in [0.5, 0.6) is 0 Å². The van der Waals surface area contributed by atoms with E-state index in [9.17, 15) is 0 Å². The van der Waals surface area contributed by atoms with E-state index in [4.69, 9.17) is 0 Å². The maximum atomic E-state index is 2.44. The molecule has 2 rings (SSSR count). The number of rotatable bonds is 3. The third-order valence-electron chi connectivity index (χ3n) is 4.24. The van der Waals surface area contributed by atoms with Gasteiger partial charge in [0.25, 0.3) is 0 Å². The van der Waals surface area contributed by atoms with E-state index in [1.807, 2.05) is 0 Å². The Balaban J connectivity index is 2.13. The van der Waals surface area contributed by atoms with E-state index >= 15 is 0 Å². The van der Waals surface area contributed by atoms with Crippen LogP contribution in [0.1, 0.15) is 18.4 Å². The Hall–Kier alpha value is -0.860. The van der Waals surface area contributed by atoms with Crippen LogP contribution >= 0.6 is 0 Å². The molecule has 0 aromatic heterocycles. The lowest BCUT2D eigenvalue weighted by Crippen LogP contribution is -2.53. The fourth-order valence-electron chi connectivity index (χ4n) is 2.79. The molecule has 1 heterocycles. The zero-order chi connectivity index (χ0) is 12.3. The summed E-state index contributed by atoms with van der Waals surface area (Å²) in [5.41, 5.74) is 1.82. The number of likely N-dealkylation sites (N-methyl/N-ethyl adjacent to an activating group) is 1. The Kier molecular flexibility index (Phi) is 3.85. The zero-order valence-corrected chi connectivity index (χ0v) is 11.3. The van der Waals surface area contributed by atoms with Crippen LogP contribution in [0.15, 0.2) is 30.3 Å². The van der Waals surface area contributed by atoms with Crippen molar-refractivity contribution < 1.29 is 0 Å². The lowest BCUT2D eigenvalue weighted by Gasteiger charge is -2.45. The molecular formula is C15H24N2. The topological polar surface area (TPSA) is 6.48 Å². The minimum atomic E-state index is 0.355. The third kappa shape index (κ3) is 2.88. The monoisotopic (exact) mass is 232 g/mol. The average Bonchev–Trinajstić information content (AvgIpc) is 2.33. The van der Waals surface area contributed by atoms with Gasteiger partial charge in [-0.2, -0.15) is 0 Å². The number of benzene rings is 1.